The summed E-state index contributed by atoms with van der Waals surface area (Å²) in [4.78, 5) is 22.9. The van der Waals surface area contributed by atoms with Gasteiger partial charge >= 0.3 is 0 Å². The Kier molecular flexibility index (Phi) is 3.11. The summed E-state index contributed by atoms with van der Waals surface area (Å²) in [6, 6.07) is 10.4. The Morgan fingerprint density at radius 1 is 1.13 bits per heavy atom. The number of aromatic nitrogens is 1. The van der Waals surface area contributed by atoms with E-state index in [2.05, 4.69) is 40.0 Å². The highest BCUT2D eigenvalue weighted by Gasteiger charge is 2.34. The van der Waals surface area contributed by atoms with E-state index in [-0.39, 0.29) is 12.3 Å². The molecule has 4 nitrogen and oxygen atoms in total. The summed E-state index contributed by atoms with van der Waals surface area (Å²) in [6.45, 7) is 5.21. The van der Waals surface area contributed by atoms with Gasteiger partial charge in [-0.05, 0) is 43.2 Å². The van der Waals surface area contributed by atoms with Gasteiger partial charge in [0.05, 0.1) is 17.0 Å². The number of Topliss-reactive ketones (excluding diaryl/α,β-unsaturated/α-hetero) is 1. The second-order valence-corrected chi connectivity index (χ2v) is 5.76. The fourth-order valence-electron chi connectivity index (χ4n) is 3.44. The fraction of sp³-hybridized carbons (Fsp3) is 0.211. The second-order valence-electron chi connectivity index (χ2n) is 5.76. The molecule has 1 aromatic heterocycles. The normalized spacial score (nSPS) is 16.3. The molecule has 0 N–H and O–H groups in total. The number of hydrogen-bond donors (Lipinski definition) is 0. The molecule has 0 bridgehead atoms. The Balaban J connectivity index is 1.91. The van der Waals surface area contributed by atoms with Gasteiger partial charge in [-0.25, -0.2) is 0 Å². The molecule has 2 aliphatic rings. The first kappa shape index (κ1) is 13.9. The lowest BCUT2D eigenvalue weighted by molar-refractivity contribution is -0.113. The fourth-order valence-corrected chi connectivity index (χ4v) is 3.44. The number of pyridine rings is 1. The van der Waals surface area contributed by atoms with Crippen LogP contribution in [-0.4, -0.2) is 29.6 Å². The van der Waals surface area contributed by atoms with Crippen LogP contribution in [0.4, 0.5) is 5.69 Å². The molecule has 0 atom stereocenters. The summed E-state index contributed by atoms with van der Waals surface area (Å²) in [6.07, 6.45) is 3.60. The smallest absolute Gasteiger partial charge is 0.188 e. The molecular weight excluding hydrogens is 286 g/mol. The third-order valence-electron chi connectivity index (χ3n) is 4.54. The minimum atomic E-state index is 0.125. The van der Waals surface area contributed by atoms with E-state index in [1.54, 1.807) is 12.4 Å². The molecular formula is C19H17N3O. The van der Waals surface area contributed by atoms with Crippen LogP contribution in [0.15, 0.2) is 59.0 Å². The molecule has 3 heterocycles. The lowest BCUT2D eigenvalue weighted by Crippen LogP contribution is -2.31. The Hall–Kier alpha value is -2.75. The highest BCUT2D eigenvalue weighted by molar-refractivity contribution is 6.35. The minimum Gasteiger partial charge on any atom is -0.344 e. The number of carbonyl (C=O) groups is 1. The number of rotatable bonds is 2. The Bertz CT molecular complexity index is 865. The second kappa shape index (κ2) is 5.16. The van der Waals surface area contributed by atoms with Crippen molar-refractivity contribution in [2.75, 3.05) is 18.0 Å². The van der Waals surface area contributed by atoms with Gasteiger partial charge in [-0.15, -0.1) is 0 Å². The largest absolute Gasteiger partial charge is 0.344 e. The Morgan fingerprint density at radius 2 is 1.91 bits per heavy atom. The molecule has 0 radical (unpaired) electrons. The van der Waals surface area contributed by atoms with E-state index in [9.17, 15) is 4.79 Å². The molecule has 0 fully saturated rings. The quantitative estimate of drug-likeness (QED) is 0.855. The number of ketones is 1. The number of anilines is 1. The zero-order chi connectivity index (χ0) is 16.0. The highest BCUT2D eigenvalue weighted by Crippen LogP contribution is 2.38. The number of carbonyl (C=O) groups excluding carboxylic acids is 1. The van der Waals surface area contributed by atoms with E-state index < -0.39 is 0 Å². The summed E-state index contributed by atoms with van der Waals surface area (Å²) in [5, 5.41) is 0. The van der Waals surface area contributed by atoms with Crippen LogP contribution in [0.5, 0.6) is 0 Å². The molecule has 114 valence electrons. The van der Waals surface area contributed by atoms with E-state index in [0.29, 0.717) is 0 Å². The zero-order valence-electron chi connectivity index (χ0n) is 13.2. The number of hydrogen-bond acceptors (Lipinski definition) is 4. The topological polar surface area (TPSA) is 45.6 Å². The molecule has 2 aliphatic heterocycles. The first-order valence-corrected chi connectivity index (χ1v) is 7.82. The third-order valence-corrected chi connectivity index (χ3v) is 4.54. The van der Waals surface area contributed by atoms with Crippen LogP contribution < -0.4 is 4.90 Å². The van der Waals surface area contributed by atoms with Crippen molar-refractivity contribution in [2.24, 2.45) is 4.99 Å². The molecule has 0 unspecified atom stereocenters. The van der Waals surface area contributed by atoms with E-state index in [0.717, 1.165) is 45.9 Å². The Labute approximate surface area is 135 Å². The molecule has 0 spiro atoms. The zero-order valence-corrected chi connectivity index (χ0v) is 13.2. The van der Waals surface area contributed by atoms with E-state index in [1.165, 1.54) is 0 Å². The maximum atomic E-state index is 12.2. The third kappa shape index (κ3) is 2.02. The number of allylic oxidation sites excluding steroid dienone is 1. The molecule has 0 saturated heterocycles. The maximum Gasteiger partial charge on any atom is 0.188 e. The number of nitrogens with zero attached hydrogens (tertiary/aromatic N) is 3. The summed E-state index contributed by atoms with van der Waals surface area (Å²) in [5.41, 5.74) is 7.10. The molecule has 0 amide bonds. The van der Waals surface area contributed by atoms with Crippen molar-refractivity contribution < 1.29 is 4.79 Å². The van der Waals surface area contributed by atoms with Gasteiger partial charge in [0.25, 0.3) is 0 Å². The maximum absolute atomic E-state index is 12.2. The van der Waals surface area contributed by atoms with Gasteiger partial charge in [0.2, 0.25) is 0 Å². The van der Waals surface area contributed by atoms with Crippen LogP contribution in [0.2, 0.25) is 0 Å². The van der Waals surface area contributed by atoms with E-state index in [4.69, 9.17) is 0 Å². The van der Waals surface area contributed by atoms with Crippen molar-refractivity contribution in [1.82, 2.24) is 4.98 Å². The average Bonchev–Trinajstić information content (AvgIpc) is 2.98. The van der Waals surface area contributed by atoms with Crippen molar-refractivity contribution in [3.8, 4) is 11.1 Å². The van der Waals surface area contributed by atoms with Crippen molar-refractivity contribution >= 4 is 17.2 Å². The summed E-state index contributed by atoms with van der Waals surface area (Å²) < 4.78 is 0. The number of fused-ring (bicyclic) bond motifs is 3. The van der Waals surface area contributed by atoms with Gasteiger partial charge in [0, 0.05) is 30.2 Å². The van der Waals surface area contributed by atoms with Crippen LogP contribution >= 0.6 is 0 Å². The SMILES string of the molecule is CCN1C(C)=C2C(=O)CN=C2c2ccc(-c3ccncc3)cc21. The minimum absolute atomic E-state index is 0.125. The molecule has 1 aromatic carbocycles. The van der Waals surface area contributed by atoms with Crippen LogP contribution in [-0.2, 0) is 4.79 Å². The van der Waals surface area contributed by atoms with Crippen molar-refractivity contribution in [3.05, 3.63) is 59.6 Å². The van der Waals surface area contributed by atoms with Crippen molar-refractivity contribution in [1.29, 1.82) is 0 Å². The summed E-state index contributed by atoms with van der Waals surface area (Å²) >= 11 is 0. The molecule has 4 rings (SSSR count). The number of aliphatic imine (C=N–C) groups is 1. The summed E-state index contributed by atoms with van der Waals surface area (Å²) in [5.74, 6) is 0.125. The van der Waals surface area contributed by atoms with E-state index >= 15 is 0 Å². The monoisotopic (exact) mass is 303 g/mol. The predicted molar refractivity (Wildman–Crippen MR) is 91.8 cm³/mol. The van der Waals surface area contributed by atoms with Crippen LogP contribution in [0, 0.1) is 0 Å². The van der Waals surface area contributed by atoms with Crippen molar-refractivity contribution in [2.45, 2.75) is 13.8 Å². The predicted octanol–water partition coefficient (Wildman–Crippen LogP) is 3.23. The molecule has 2 aromatic rings. The van der Waals surface area contributed by atoms with Gasteiger partial charge in [0.15, 0.2) is 5.78 Å². The number of benzene rings is 1. The van der Waals surface area contributed by atoms with Gasteiger partial charge < -0.3 is 4.90 Å². The van der Waals surface area contributed by atoms with Gasteiger partial charge in [-0.3, -0.25) is 14.8 Å². The molecule has 4 heteroatoms. The van der Waals surface area contributed by atoms with Gasteiger partial charge in [-0.2, -0.15) is 0 Å². The molecule has 23 heavy (non-hydrogen) atoms. The molecule has 0 aliphatic carbocycles. The first-order chi connectivity index (χ1) is 11.2. The lowest BCUT2D eigenvalue weighted by Gasteiger charge is -2.32. The van der Waals surface area contributed by atoms with Crippen molar-refractivity contribution in [3.63, 3.8) is 0 Å². The van der Waals surface area contributed by atoms with Crippen LogP contribution in [0.3, 0.4) is 0 Å². The van der Waals surface area contributed by atoms with Gasteiger partial charge in [-0.1, -0.05) is 12.1 Å². The summed E-state index contributed by atoms with van der Waals surface area (Å²) in [7, 11) is 0. The van der Waals surface area contributed by atoms with Crippen LogP contribution in [0.25, 0.3) is 11.1 Å². The average molecular weight is 303 g/mol. The first-order valence-electron chi connectivity index (χ1n) is 7.82. The van der Waals surface area contributed by atoms with Gasteiger partial charge in [0.1, 0.15) is 6.54 Å². The highest BCUT2D eigenvalue weighted by atomic mass is 16.1. The molecule has 0 saturated carbocycles. The Morgan fingerprint density at radius 3 is 2.65 bits per heavy atom. The standard InChI is InChI=1S/C19H17N3O/c1-3-22-12(2)18-17(23)11-21-19(18)15-5-4-14(10-16(15)22)13-6-8-20-9-7-13/h4-10H,3,11H2,1-2H3. The van der Waals surface area contributed by atoms with Crippen LogP contribution in [0.1, 0.15) is 19.4 Å². The van der Waals surface area contributed by atoms with E-state index in [1.807, 2.05) is 19.1 Å². The lowest BCUT2D eigenvalue weighted by atomic mass is 9.91.